The zero-order chi connectivity index (χ0) is 14.5. The Labute approximate surface area is 126 Å². The maximum Gasteiger partial charge on any atom is 0.303 e. The van der Waals surface area contributed by atoms with Gasteiger partial charge in [0.1, 0.15) is 5.75 Å². The molecule has 0 amide bonds. The molecule has 1 aromatic carbocycles. The number of ether oxygens (including phenoxy) is 3. The number of benzene rings is 1. The van der Waals surface area contributed by atoms with Crippen LogP contribution in [0.25, 0.3) is 0 Å². The summed E-state index contributed by atoms with van der Waals surface area (Å²) in [5, 5.41) is 8.76. The van der Waals surface area contributed by atoms with Crippen molar-refractivity contribution in [1.82, 2.24) is 0 Å². The number of halogens is 1. The Kier molecular flexibility index (Phi) is 5.11. The molecule has 0 unspecified atom stereocenters. The molecule has 1 aliphatic rings. The lowest BCUT2D eigenvalue weighted by molar-refractivity contribution is -0.137. The first kappa shape index (κ1) is 15.0. The Balaban J connectivity index is 2.34. The van der Waals surface area contributed by atoms with Crippen molar-refractivity contribution in [3.63, 3.8) is 0 Å². The van der Waals surface area contributed by atoms with Crippen molar-refractivity contribution in [3.8, 4) is 17.2 Å². The number of fused-ring (bicyclic) bond motifs is 1. The van der Waals surface area contributed by atoms with Gasteiger partial charge in [0.15, 0.2) is 11.5 Å². The van der Waals surface area contributed by atoms with Crippen LogP contribution in [0.1, 0.15) is 24.8 Å². The van der Waals surface area contributed by atoms with Gasteiger partial charge in [0, 0.05) is 24.5 Å². The Hall–Kier alpha value is -1.43. The largest absolute Gasteiger partial charge is 0.495 e. The van der Waals surface area contributed by atoms with Crippen molar-refractivity contribution in [2.75, 3.05) is 20.3 Å². The molecule has 0 aliphatic carbocycles. The van der Waals surface area contributed by atoms with Crippen molar-refractivity contribution < 1.29 is 24.1 Å². The van der Waals surface area contributed by atoms with Crippen LogP contribution in [0, 0.1) is 0 Å². The molecule has 0 spiro atoms. The van der Waals surface area contributed by atoms with Crippen LogP contribution in [0.2, 0.25) is 0 Å². The molecule has 6 heteroatoms. The average molecular weight is 345 g/mol. The summed E-state index contributed by atoms with van der Waals surface area (Å²) >= 11 is 3.46. The third-order valence-electron chi connectivity index (χ3n) is 3.06. The quantitative estimate of drug-likeness (QED) is 0.889. The molecule has 0 bridgehead atoms. The number of aliphatic carboxylic acids is 1. The number of carbonyl (C=O) groups is 1. The van der Waals surface area contributed by atoms with Gasteiger partial charge in [-0.25, -0.2) is 0 Å². The van der Waals surface area contributed by atoms with Crippen molar-refractivity contribution in [2.45, 2.75) is 25.7 Å². The van der Waals surface area contributed by atoms with Crippen molar-refractivity contribution in [2.24, 2.45) is 0 Å². The van der Waals surface area contributed by atoms with Crippen LogP contribution in [0.15, 0.2) is 10.5 Å². The highest BCUT2D eigenvalue weighted by Crippen LogP contribution is 2.44. The molecule has 0 saturated carbocycles. The van der Waals surface area contributed by atoms with Crippen LogP contribution in [0.3, 0.4) is 0 Å². The molecule has 110 valence electrons. The third kappa shape index (κ3) is 3.36. The maximum atomic E-state index is 10.7. The average Bonchev–Trinajstić information content (AvgIpc) is 2.63. The highest BCUT2D eigenvalue weighted by molar-refractivity contribution is 9.10. The first-order valence-electron chi connectivity index (χ1n) is 6.50. The van der Waals surface area contributed by atoms with Gasteiger partial charge in [-0.05, 0) is 28.8 Å². The third-order valence-corrected chi connectivity index (χ3v) is 3.65. The zero-order valence-electron chi connectivity index (χ0n) is 11.3. The first-order valence-corrected chi connectivity index (χ1v) is 7.29. The Morgan fingerprint density at radius 3 is 2.90 bits per heavy atom. The zero-order valence-corrected chi connectivity index (χ0v) is 12.9. The summed E-state index contributed by atoms with van der Waals surface area (Å²) < 4.78 is 17.6. The Bertz CT molecular complexity index is 501. The summed E-state index contributed by atoms with van der Waals surface area (Å²) in [6, 6.07) is 1.83. The number of methoxy groups -OCH3 is 1. The van der Waals surface area contributed by atoms with E-state index in [2.05, 4.69) is 15.9 Å². The second-order valence-electron chi connectivity index (χ2n) is 4.50. The lowest BCUT2D eigenvalue weighted by Crippen LogP contribution is -2.03. The van der Waals surface area contributed by atoms with Gasteiger partial charge in [-0.3, -0.25) is 4.79 Å². The molecule has 0 radical (unpaired) electrons. The van der Waals surface area contributed by atoms with Gasteiger partial charge in [0.2, 0.25) is 0 Å². The Morgan fingerprint density at radius 2 is 2.20 bits per heavy atom. The van der Waals surface area contributed by atoms with E-state index < -0.39 is 5.97 Å². The van der Waals surface area contributed by atoms with Crippen molar-refractivity contribution in [3.05, 3.63) is 16.1 Å². The molecular formula is C14H17BrO5. The highest BCUT2D eigenvalue weighted by Gasteiger charge is 2.22. The lowest BCUT2D eigenvalue weighted by atomic mass is 10.0. The molecule has 20 heavy (non-hydrogen) atoms. The molecule has 2 rings (SSSR count). The van der Waals surface area contributed by atoms with E-state index in [4.69, 9.17) is 19.3 Å². The summed E-state index contributed by atoms with van der Waals surface area (Å²) in [5.74, 6) is 1.23. The molecular weight excluding hydrogens is 328 g/mol. The first-order chi connectivity index (χ1) is 9.63. The van der Waals surface area contributed by atoms with E-state index in [0.717, 1.165) is 16.5 Å². The van der Waals surface area contributed by atoms with Gasteiger partial charge < -0.3 is 19.3 Å². The van der Waals surface area contributed by atoms with Gasteiger partial charge in [0.25, 0.3) is 0 Å². The van der Waals surface area contributed by atoms with Gasteiger partial charge >= 0.3 is 5.97 Å². The minimum Gasteiger partial charge on any atom is -0.495 e. The van der Waals surface area contributed by atoms with Gasteiger partial charge in [-0.1, -0.05) is 0 Å². The summed E-state index contributed by atoms with van der Waals surface area (Å²) in [6.45, 7) is 1.20. The summed E-state index contributed by atoms with van der Waals surface area (Å²) in [6.07, 6.45) is 2.03. The molecule has 5 nitrogen and oxygen atoms in total. The summed E-state index contributed by atoms with van der Waals surface area (Å²) in [5.41, 5.74) is 0.861. The number of carboxylic acid groups (broad SMARTS) is 1. The molecule has 0 saturated heterocycles. The van der Waals surface area contributed by atoms with Crippen LogP contribution in [-0.2, 0) is 11.2 Å². The monoisotopic (exact) mass is 344 g/mol. The molecule has 1 aliphatic heterocycles. The van der Waals surface area contributed by atoms with E-state index in [9.17, 15) is 4.79 Å². The van der Waals surface area contributed by atoms with Gasteiger partial charge in [-0.2, -0.15) is 0 Å². The molecule has 1 aromatic rings. The number of carboxylic acids is 1. The van der Waals surface area contributed by atoms with Gasteiger partial charge in [-0.15, -0.1) is 0 Å². The van der Waals surface area contributed by atoms with Crippen molar-refractivity contribution in [1.29, 1.82) is 0 Å². The molecule has 1 heterocycles. The van der Waals surface area contributed by atoms with E-state index >= 15 is 0 Å². The minimum absolute atomic E-state index is 0.116. The number of rotatable bonds is 5. The van der Waals surface area contributed by atoms with E-state index in [-0.39, 0.29) is 6.42 Å². The standard InChI is InChI=1S/C14H17BrO5/c1-18-13-9(4-2-5-12(16)17)14-11(8-10(13)15)19-6-3-7-20-14/h8H,2-7H2,1H3,(H,16,17). The smallest absolute Gasteiger partial charge is 0.303 e. The summed E-state index contributed by atoms with van der Waals surface area (Å²) in [4.78, 5) is 10.7. The Morgan fingerprint density at radius 1 is 1.45 bits per heavy atom. The fraction of sp³-hybridized carbons (Fsp3) is 0.500. The van der Waals surface area contributed by atoms with E-state index in [1.54, 1.807) is 7.11 Å². The number of hydrogen-bond donors (Lipinski definition) is 1. The van der Waals surface area contributed by atoms with Crippen molar-refractivity contribution >= 4 is 21.9 Å². The number of hydrogen-bond acceptors (Lipinski definition) is 4. The van der Waals surface area contributed by atoms with E-state index in [1.807, 2.05) is 6.07 Å². The normalized spacial score (nSPS) is 13.7. The van der Waals surface area contributed by atoms with E-state index in [0.29, 0.717) is 43.3 Å². The van der Waals surface area contributed by atoms with Gasteiger partial charge in [0.05, 0.1) is 24.8 Å². The predicted molar refractivity (Wildman–Crippen MR) is 76.9 cm³/mol. The highest BCUT2D eigenvalue weighted by atomic mass is 79.9. The maximum absolute atomic E-state index is 10.7. The lowest BCUT2D eigenvalue weighted by Gasteiger charge is -2.17. The minimum atomic E-state index is -0.803. The fourth-order valence-corrected chi connectivity index (χ4v) is 2.80. The van der Waals surface area contributed by atoms with Crippen LogP contribution < -0.4 is 14.2 Å². The second kappa shape index (κ2) is 6.83. The second-order valence-corrected chi connectivity index (χ2v) is 5.35. The predicted octanol–water partition coefficient (Wildman–Crippen LogP) is 3.03. The van der Waals surface area contributed by atoms with Crippen LogP contribution >= 0.6 is 15.9 Å². The fourth-order valence-electron chi connectivity index (χ4n) is 2.19. The summed E-state index contributed by atoms with van der Waals surface area (Å²) in [7, 11) is 1.59. The van der Waals surface area contributed by atoms with Crippen LogP contribution in [-0.4, -0.2) is 31.4 Å². The molecule has 1 N–H and O–H groups in total. The van der Waals surface area contributed by atoms with Crippen LogP contribution in [0.4, 0.5) is 0 Å². The molecule has 0 aromatic heterocycles. The topological polar surface area (TPSA) is 65.0 Å². The SMILES string of the molecule is COc1c(Br)cc2c(c1CCCC(=O)O)OCCCO2. The molecule has 0 atom stereocenters. The van der Waals surface area contributed by atoms with E-state index in [1.165, 1.54) is 0 Å². The van der Waals surface area contributed by atoms with Crippen LogP contribution in [0.5, 0.6) is 17.2 Å². The molecule has 0 fully saturated rings.